The molecule has 1 atom stereocenters. The molecule has 2 aromatic carbocycles. The van der Waals surface area contributed by atoms with Gasteiger partial charge in [0, 0.05) is 39.4 Å². The highest BCUT2D eigenvalue weighted by Crippen LogP contribution is 2.21. The monoisotopic (exact) mass is 421 g/mol. The maximum absolute atomic E-state index is 12.5. The van der Waals surface area contributed by atoms with Crippen molar-refractivity contribution in [2.45, 2.75) is 31.8 Å². The third kappa shape index (κ3) is 5.93. The lowest BCUT2D eigenvalue weighted by molar-refractivity contribution is -0.134. The molecular weight excluding hydrogens is 390 g/mol. The number of rotatable bonds is 7. The summed E-state index contributed by atoms with van der Waals surface area (Å²) >= 11 is 0. The number of hydrogen-bond acceptors (Lipinski definition) is 4. The Morgan fingerprint density at radius 2 is 1.74 bits per heavy atom. The van der Waals surface area contributed by atoms with Gasteiger partial charge in [-0.05, 0) is 35.4 Å². The van der Waals surface area contributed by atoms with Crippen LogP contribution in [-0.2, 0) is 20.9 Å². The zero-order chi connectivity index (χ0) is 21.5. The summed E-state index contributed by atoms with van der Waals surface area (Å²) in [6.07, 6.45) is 2.15. The molecule has 0 radical (unpaired) electrons. The number of carbonyl (C=O) groups is 2. The number of piperazine rings is 1. The molecule has 0 aromatic heterocycles. The van der Waals surface area contributed by atoms with Crippen LogP contribution in [0.3, 0.4) is 0 Å². The summed E-state index contributed by atoms with van der Waals surface area (Å²) in [5, 5.41) is 5.94. The third-order valence-electron chi connectivity index (χ3n) is 6.20. The van der Waals surface area contributed by atoms with Crippen LogP contribution < -0.4 is 10.6 Å². The van der Waals surface area contributed by atoms with Crippen molar-refractivity contribution >= 4 is 11.8 Å². The van der Waals surface area contributed by atoms with Crippen LogP contribution in [0.2, 0.25) is 0 Å². The highest BCUT2D eigenvalue weighted by molar-refractivity contribution is 5.88. The van der Waals surface area contributed by atoms with Gasteiger partial charge in [-0.25, -0.2) is 0 Å². The average molecular weight is 422 g/mol. The molecule has 2 heterocycles. The van der Waals surface area contributed by atoms with Crippen molar-refractivity contribution in [3.8, 4) is 11.1 Å². The second-order valence-corrected chi connectivity index (χ2v) is 8.40. The minimum absolute atomic E-state index is 0.0574. The van der Waals surface area contributed by atoms with Crippen LogP contribution in [0.5, 0.6) is 0 Å². The van der Waals surface area contributed by atoms with Crippen molar-refractivity contribution in [3.05, 3.63) is 60.2 Å². The smallest absolute Gasteiger partial charge is 0.237 e. The average Bonchev–Trinajstić information content (AvgIpc) is 2.82. The Morgan fingerprint density at radius 1 is 1.03 bits per heavy atom. The van der Waals surface area contributed by atoms with E-state index in [4.69, 9.17) is 4.74 Å². The van der Waals surface area contributed by atoms with Crippen molar-refractivity contribution in [2.24, 2.45) is 5.92 Å². The number of amides is 2. The van der Waals surface area contributed by atoms with Crippen molar-refractivity contribution in [2.75, 3.05) is 32.8 Å². The van der Waals surface area contributed by atoms with Gasteiger partial charge in [-0.15, -0.1) is 0 Å². The maximum Gasteiger partial charge on any atom is 0.237 e. The molecule has 2 fully saturated rings. The predicted molar refractivity (Wildman–Crippen MR) is 120 cm³/mol. The Labute approximate surface area is 184 Å². The van der Waals surface area contributed by atoms with Crippen molar-refractivity contribution in [3.63, 3.8) is 0 Å². The summed E-state index contributed by atoms with van der Waals surface area (Å²) in [5.74, 6) is 0.350. The van der Waals surface area contributed by atoms with Crippen molar-refractivity contribution in [1.29, 1.82) is 0 Å². The van der Waals surface area contributed by atoms with Crippen LogP contribution in [0.1, 0.15) is 24.8 Å². The van der Waals surface area contributed by atoms with Gasteiger partial charge >= 0.3 is 0 Å². The minimum Gasteiger partial charge on any atom is -0.381 e. The second-order valence-electron chi connectivity index (χ2n) is 8.40. The molecule has 6 heteroatoms. The summed E-state index contributed by atoms with van der Waals surface area (Å²) in [7, 11) is 0. The van der Waals surface area contributed by atoms with Gasteiger partial charge in [0.1, 0.15) is 0 Å². The molecule has 31 heavy (non-hydrogen) atoms. The van der Waals surface area contributed by atoms with E-state index in [2.05, 4.69) is 51.9 Å². The quantitative estimate of drug-likeness (QED) is 0.721. The first-order valence-corrected chi connectivity index (χ1v) is 11.2. The SMILES string of the molecule is O=C(C[C@@H]1C(=O)NCCN1Cc1ccc(-c2ccccc2)cc1)NCC1CCOCC1. The number of nitrogens with one attached hydrogen (secondary N) is 2. The second kappa shape index (κ2) is 10.6. The van der Waals surface area contributed by atoms with E-state index in [1.54, 1.807) is 0 Å². The van der Waals surface area contributed by atoms with Crippen LogP contribution in [0.15, 0.2) is 54.6 Å². The highest BCUT2D eigenvalue weighted by Gasteiger charge is 2.31. The first-order chi connectivity index (χ1) is 15.2. The Kier molecular flexibility index (Phi) is 7.33. The minimum atomic E-state index is -0.433. The molecule has 6 nitrogen and oxygen atoms in total. The fourth-order valence-electron chi connectivity index (χ4n) is 4.30. The summed E-state index contributed by atoms with van der Waals surface area (Å²) in [6.45, 7) is 4.20. The van der Waals surface area contributed by atoms with Gasteiger partial charge in [-0.2, -0.15) is 0 Å². The lowest BCUT2D eigenvalue weighted by Gasteiger charge is -2.35. The summed E-state index contributed by atoms with van der Waals surface area (Å²) in [6, 6.07) is 18.3. The molecular formula is C25H31N3O3. The number of ether oxygens (including phenoxy) is 1. The fourth-order valence-corrected chi connectivity index (χ4v) is 4.30. The van der Waals surface area contributed by atoms with Gasteiger partial charge in [0.05, 0.1) is 12.5 Å². The van der Waals surface area contributed by atoms with E-state index >= 15 is 0 Å². The molecule has 0 saturated carbocycles. The molecule has 2 saturated heterocycles. The van der Waals surface area contributed by atoms with Crippen molar-refractivity contribution < 1.29 is 14.3 Å². The summed E-state index contributed by atoms with van der Waals surface area (Å²) < 4.78 is 5.37. The molecule has 2 aromatic rings. The number of benzene rings is 2. The zero-order valence-corrected chi connectivity index (χ0v) is 17.9. The molecule has 2 aliphatic rings. The number of hydrogen-bond donors (Lipinski definition) is 2. The van der Waals surface area contributed by atoms with E-state index < -0.39 is 6.04 Å². The van der Waals surface area contributed by atoms with Crippen LogP contribution in [-0.4, -0.2) is 55.6 Å². The van der Waals surface area contributed by atoms with E-state index in [0.717, 1.165) is 38.2 Å². The summed E-state index contributed by atoms with van der Waals surface area (Å²) in [4.78, 5) is 27.2. The number of carbonyl (C=O) groups excluding carboxylic acids is 2. The van der Waals surface area contributed by atoms with E-state index in [0.29, 0.717) is 25.6 Å². The highest BCUT2D eigenvalue weighted by atomic mass is 16.5. The van der Waals surface area contributed by atoms with Gasteiger partial charge in [0.2, 0.25) is 11.8 Å². The molecule has 4 rings (SSSR count). The molecule has 2 amide bonds. The predicted octanol–water partition coefficient (Wildman–Crippen LogP) is 2.59. The Morgan fingerprint density at radius 3 is 2.48 bits per heavy atom. The Bertz CT molecular complexity index is 863. The first-order valence-electron chi connectivity index (χ1n) is 11.2. The topological polar surface area (TPSA) is 70.7 Å². The standard InChI is InChI=1S/C25H31N3O3/c29-24(27-17-19-10-14-31-15-11-19)16-23-25(30)26-12-13-28(23)18-20-6-8-22(9-7-20)21-4-2-1-3-5-21/h1-9,19,23H,10-18H2,(H,26,30)(H,27,29)/t23-/m1/s1. The van der Waals surface area contributed by atoms with Crippen LogP contribution >= 0.6 is 0 Å². The fraction of sp³-hybridized carbons (Fsp3) is 0.440. The summed E-state index contributed by atoms with van der Waals surface area (Å²) in [5.41, 5.74) is 3.50. The zero-order valence-electron chi connectivity index (χ0n) is 17.9. The van der Waals surface area contributed by atoms with Gasteiger partial charge in [0.25, 0.3) is 0 Å². The molecule has 0 unspecified atom stereocenters. The molecule has 2 N–H and O–H groups in total. The van der Waals surface area contributed by atoms with Gasteiger partial charge < -0.3 is 15.4 Å². The van der Waals surface area contributed by atoms with E-state index in [1.165, 1.54) is 11.1 Å². The maximum atomic E-state index is 12.5. The van der Waals surface area contributed by atoms with Gasteiger partial charge in [0.15, 0.2) is 0 Å². The molecule has 0 bridgehead atoms. The number of nitrogens with zero attached hydrogens (tertiary/aromatic N) is 1. The third-order valence-corrected chi connectivity index (χ3v) is 6.20. The van der Waals surface area contributed by atoms with E-state index in [1.807, 2.05) is 18.2 Å². The lowest BCUT2D eigenvalue weighted by atomic mass is 10.00. The van der Waals surface area contributed by atoms with Crippen molar-refractivity contribution in [1.82, 2.24) is 15.5 Å². The molecule has 2 aliphatic heterocycles. The van der Waals surface area contributed by atoms with E-state index in [-0.39, 0.29) is 18.2 Å². The molecule has 0 spiro atoms. The Balaban J connectivity index is 1.34. The van der Waals surface area contributed by atoms with Crippen LogP contribution in [0.25, 0.3) is 11.1 Å². The van der Waals surface area contributed by atoms with Gasteiger partial charge in [-0.3, -0.25) is 14.5 Å². The molecule has 0 aliphatic carbocycles. The van der Waals surface area contributed by atoms with Gasteiger partial charge in [-0.1, -0.05) is 54.6 Å². The lowest BCUT2D eigenvalue weighted by Crippen LogP contribution is -2.56. The molecule has 164 valence electrons. The van der Waals surface area contributed by atoms with E-state index in [9.17, 15) is 9.59 Å². The Hall–Kier alpha value is -2.70. The largest absolute Gasteiger partial charge is 0.381 e. The van der Waals surface area contributed by atoms with Crippen LogP contribution in [0.4, 0.5) is 0 Å². The van der Waals surface area contributed by atoms with Crippen LogP contribution in [0, 0.1) is 5.92 Å². The normalized spacial score (nSPS) is 20.3. The first kappa shape index (κ1) is 21.5.